The second-order valence-electron chi connectivity index (χ2n) is 7.09. The van der Waals surface area contributed by atoms with Crippen molar-refractivity contribution >= 4 is 44.7 Å². The molecule has 2 aromatic heterocycles. The fourth-order valence-electron chi connectivity index (χ4n) is 3.38. The minimum Gasteiger partial charge on any atom is -0.490 e. The Balaban J connectivity index is 1.46. The Morgan fingerprint density at radius 1 is 1.16 bits per heavy atom. The van der Waals surface area contributed by atoms with Gasteiger partial charge in [-0.15, -0.1) is 11.3 Å². The maximum atomic E-state index is 13.3. The Hall–Kier alpha value is -3.10. The Morgan fingerprint density at radius 3 is 2.61 bits per heavy atom. The molecule has 0 saturated carbocycles. The first kappa shape index (κ1) is 19.8. The number of halogens is 2. The number of rotatable bonds is 3. The number of hydrogen-bond acceptors (Lipinski definition) is 5. The first-order valence-electron chi connectivity index (χ1n) is 9.65. The summed E-state index contributed by atoms with van der Waals surface area (Å²) in [4.78, 5) is 14.3. The van der Waals surface area contributed by atoms with Gasteiger partial charge < -0.3 is 14.8 Å². The van der Waals surface area contributed by atoms with Crippen molar-refractivity contribution in [2.45, 2.75) is 13.3 Å². The van der Waals surface area contributed by atoms with Crippen LogP contribution in [0.3, 0.4) is 0 Å². The van der Waals surface area contributed by atoms with E-state index in [1.165, 1.54) is 23.5 Å². The highest BCUT2D eigenvalue weighted by Crippen LogP contribution is 2.38. The molecule has 1 aliphatic heterocycles. The molecule has 3 heterocycles. The molecule has 0 fully saturated rings. The van der Waals surface area contributed by atoms with Crippen molar-refractivity contribution < 1.29 is 18.7 Å². The molecule has 2 aromatic carbocycles. The number of aryl methyl sites for hydroxylation is 1. The Labute approximate surface area is 186 Å². The monoisotopic (exact) mass is 457 g/mol. The van der Waals surface area contributed by atoms with Crippen molar-refractivity contribution in [3.05, 3.63) is 63.9 Å². The highest BCUT2D eigenvalue weighted by molar-refractivity contribution is 7.20. The first-order chi connectivity index (χ1) is 15.0. The summed E-state index contributed by atoms with van der Waals surface area (Å²) < 4.78 is 26.3. The lowest BCUT2D eigenvalue weighted by atomic mass is 10.2. The molecule has 5 rings (SSSR count). The summed E-state index contributed by atoms with van der Waals surface area (Å²) in [7, 11) is 0. The Kier molecular flexibility index (Phi) is 5.03. The predicted octanol–water partition coefficient (Wildman–Crippen LogP) is 5.60. The molecule has 0 atom stereocenters. The van der Waals surface area contributed by atoms with Crippen LogP contribution in [-0.2, 0) is 0 Å². The van der Waals surface area contributed by atoms with E-state index in [9.17, 15) is 9.18 Å². The molecule has 0 bridgehead atoms. The molecule has 31 heavy (non-hydrogen) atoms. The molecule has 6 nitrogen and oxygen atoms in total. The number of anilines is 1. The summed E-state index contributed by atoms with van der Waals surface area (Å²) >= 11 is 7.66. The van der Waals surface area contributed by atoms with Crippen LogP contribution < -0.4 is 14.8 Å². The predicted molar refractivity (Wildman–Crippen MR) is 119 cm³/mol. The molecule has 9 heteroatoms. The van der Waals surface area contributed by atoms with Crippen molar-refractivity contribution in [1.29, 1.82) is 0 Å². The molecule has 0 saturated heterocycles. The molecule has 158 valence electrons. The van der Waals surface area contributed by atoms with Crippen LogP contribution in [0, 0.1) is 12.7 Å². The highest BCUT2D eigenvalue weighted by Gasteiger charge is 2.20. The third-order valence-electron chi connectivity index (χ3n) is 4.93. The summed E-state index contributed by atoms with van der Waals surface area (Å²) in [6.45, 7) is 2.97. The van der Waals surface area contributed by atoms with E-state index in [4.69, 9.17) is 21.1 Å². The van der Waals surface area contributed by atoms with Gasteiger partial charge in [-0.05, 0) is 37.3 Å². The fourth-order valence-corrected chi connectivity index (χ4v) is 4.66. The summed E-state index contributed by atoms with van der Waals surface area (Å²) in [5.41, 5.74) is 1.95. The molecule has 0 radical (unpaired) electrons. The number of carbonyl (C=O) groups is 1. The lowest BCUT2D eigenvalue weighted by molar-refractivity contribution is 0.103. The van der Waals surface area contributed by atoms with Gasteiger partial charge >= 0.3 is 0 Å². The second-order valence-corrected chi connectivity index (χ2v) is 8.52. The number of benzene rings is 2. The van der Waals surface area contributed by atoms with Gasteiger partial charge in [-0.3, -0.25) is 4.79 Å². The van der Waals surface area contributed by atoms with Crippen molar-refractivity contribution in [2.24, 2.45) is 0 Å². The van der Waals surface area contributed by atoms with Gasteiger partial charge in [0, 0.05) is 23.9 Å². The third-order valence-corrected chi connectivity index (χ3v) is 6.35. The SMILES string of the molecule is Cc1nn(-c2ccc(F)cc2)c2sc(C(=O)Nc3cc4c(cc3Cl)OCCCO4)cc12. The van der Waals surface area contributed by atoms with Crippen molar-refractivity contribution in [1.82, 2.24) is 9.78 Å². The topological polar surface area (TPSA) is 65.4 Å². The van der Waals surface area contributed by atoms with Gasteiger partial charge in [-0.1, -0.05) is 11.6 Å². The molecule has 1 amide bonds. The van der Waals surface area contributed by atoms with Gasteiger partial charge in [0.25, 0.3) is 5.91 Å². The number of nitrogens with zero attached hydrogens (tertiary/aromatic N) is 2. The number of fused-ring (bicyclic) bond motifs is 2. The smallest absolute Gasteiger partial charge is 0.265 e. The van der Waals surface area contributed by atoms with Gasteiger partial charge in [0.2, 0.25) is 0 Å². The van der Waals surface area contributed by atoms with E-state index in [0.29, 0.717) is 40.3 Å². The third kappa shape index (κ3) is 3.73. The molecule has 0 aliphatic carbocycles. The second kappa shape index (κ2) is 7.86. The summed E-state index contributed by atoms with van der Waals surface area (Å²) in [5, 5.41) is 8.62. The van der Waals surface area contributed by atoms with E-state index >= 15 is 0 Å². The largest absolute Gasteiger partial charge is 0.490 e. The number of aromatic nitrogens is 2. The molecule has 1 N–H and O–H groups in total. The molecule has 0 spiro atoms. The van der Waals surface area contributed by atoms with Crippen LogP contribution in [0.2, 0.25) is 5.02 Å². The number of carbonyl (C=O) groups excluding carboxylic acids is 1. The van der Waals surface area contributed by atoms with Crippen LogP contribution in [0.15, 0.2) is 42.5 Å². The minimum atomic E-state index is -0.317. The zero-order chi connectivity index (χ0) is 21.5. The van der Waals surface area contributed by atoms with Gasteiger partial charge in [-0.2, -0.15) is 5.10 Å². The average Bonchev–Trinajstić information content (AvgIpc) is 3.23. The summed E-state index contributed by atoms with van der Waals surface area (Å²) in [6.07, 6.45) is 0.778. The highest BCUT2D eigenvalue weighted by atomic mass is 35.5. The zero-order valence-electron chi connectivity index (χ0n) is 16.4. The Bertz CT molecular complexity index is 1300. The van der Waals surface area contributed by atoms with E-state index in [-0.39, 0.29) is 11.7 Å². The lowest BCUT2D eigenvalue weighted by Gasteiger charge is -2.12. The van der Waals surface area contributed by atoms with Gasteiger partial charge in [-0.25, -0.2) is 9.07 Å². The first-order valence-corrected chi connectivity index (χ1v) is 10.8. The molecular formula is C22H17ClFN3O3S. The van der Waals surface area contributed by atoms with Crippen LogP contribution >= 0.6 is 22.9 Å². The minimum absolute atomic E-state index is 0.289. The Morgan fingerprint density at radius 2 is 1.87 bits per heavy atom. The zero-order valence-corrected chi connectivity index (χ0v) is 18.0. The molecular weight excluding hydrogens is 441 g/mol. The molecule has 1 aliphatic rings. The van der Waals surface area contributed by atoms with Crippen molar-refractivity contribution in [2.75, 3.05) is 18.5 Å². The number of nitrogens with one attached hydrogen (secondary N) is 1. The van der Waals surface area contributed by atoms with Crippen LogP contribution in [0.4, 0.5) is 10.1 Å². The number of ether oxygens (including phenoxy) is 2. The maximum Gasteiger partial charge on any atom is 0.265 e. The molecule has 4 aromatic rings. The van der Waals surface area contributed by atoms with Crippen LogP contribution in [0.25, 0.3) is 15.9 Å². The van der Waals surface area contributed by atoms with Gasteiger partial charge in [0.1, 0.15) is 10.6 Å². The van der Waals surface area contributed by atoms with E-state index in [1.54, 1.807) is 35.0 Å². The van der Waals surface area contributed by atoms with E-state index < -0.39 is 0 Å². The quantitative estimate of drug-likeness (QED) is 0.435. The van der Waals surface area contributed by atoms with Crippen LogP contribution in [0.5, 0.6) is 11.5 Å². The van der Waals surface area contributed by atoms with Crippen molar-refractivity contribution in [3.8, 4) is 17.2 Å². The normalized spacial score (nSPS) is 13.3. The number of hydrogen-bond donors (Lipinski definition) is 1. The number of thiophene rings is 1. The molecule has 0 unspecified atom stereocenters. The van der Waals surface area contributed by atoms with E-state index in [1.807, 2.05) is 6.92 Å². The van der Waals surface area contributed by atoms with Gasteiger partial charge in [0.05, 0.1) is 40.2 Å². The number of amides is 1. The van der Waals surface area contributed by atoms with Crippen molar-refractivity contribution in [3.63, 3.8) is 0 Å². The summed E-state index contributed by atoms with van der Waals surface area (Å²) in [5.74, 6) is 0.512. The standard InChI is InChI=1S/C22H17ClFN3O3S/c1-12-15-9-20(31-22(15)27(26-12)14-5-3-13(24)4-6-14)21(28)25-17-11-19-18(10-16(17)23)29-7-2-8-30-19/h3-6,9-11H,2,7-8H2,1H3,(H,25,28). The van der Waals surface area contributed by atoms with E-state index in [2.05, 4.69) is 10.4 Å². The van der Waals surface area contributed by atoms with Gasteiger partial charge in [0.15, 0.2) is 11.5 Å². The maximum absolute atomic E-state index is 13.3. The van der Waals surface area contributed by atoms with E-state index in [0.717, 1.165) is 28.0 Å². The van der Waals surface area contributed by atoms with Crippen LogP contribution in [0.1, 0.15) is 21.8 Å². The lowest BCUT2D eigenvalue weighted by Crippen LogP contribution is -2.11. The fraction of sp³-hybridized carbons (Fsp3) is 0.182. The summed E-state index contributed by atoms with van der Waals surface area (Å²) in [6, 6.07) is 11.2. The average molecular weight is 458 g/mol. The van der Waals surface area contributed by atoms with Crippen LogP contribution in [-0.4, -0.2) is 28.9 Å².